The summed E-state index contributed by atoms with van der Waals surface area (Å²) in [4.78, 5) is 20.7. The van der Waals surface area contributed by atoms with Crippen LogP contribution in [0.2, 0.25) is 0 Å². The van der Waals surface area contributed by atoms with E-state index in [4.69, 9.17) is 10.1 Å². The third-order valence-corrected chi connectivity index (χ3v) is 7.56. The number of fused-ring (bicyclic) bond motifs is 1. The summed E-state index contributed by atoms with van der Waals surface area (Å²) in [7, 11) is 0. The van der Waals surface area contributed by atoms with Gasteiger partial charge in [0.2, 0.25) is 16.0 Å². The lowest BCUT2D eigenvalue weighted by Gasteiger charge is -2.31. The lowest BCUT2D eigenvalue weighted by molar-refractivity contribution is -0.125. The van der Waals surface area contributed by atoms with E-state index < -0.39 is 0 Å². The molecule has 32 heavy (non-hydrogen) atoms. The minimum atomic E-state index is 0.0310. The molecule has 3 aromatic rings. The normalized spacial score (nSPS) is 19.2. The van der Waals surface area contributed by atoms with E-state index in [2.05, 4.69) is 47.5 Å². The molecule has 6 nitrogen and oxygen atoms in total. The molecule has 0 saturated carbocycles. The van der Waals surface area contributed by atoms with Gasteiger partial charge in [-0.25, -0.2) is 9.50 Å². The molecule has 1 saturated heterocycles. The maximum absolute atomic E-state index is 12.8. The standard InChI is InChI=1S/C25H31N5OS/c1-18-9-11-20(12-10-18)22-17-30-24(27-22)32-25(28-30)29-15-5-8-21(16-29)23(31)26-14-13-19-6-3-2-4-7-19/h6,9-12,17,21H,2-5,7-8,13-16H2,1H3,(H,26,31)/t21-/m0/s1. The maximum atomic E-state index is 12.8. The molecule has 1 aliphatic heterocycles. The summed E-state index contributed by atoms with van der Waals surface area (Å²) >= 11 is 1.60. The quantitative estimate of drug-likeness (QED) is 0.539. The smallest absolute Gasteiger partial charge is 0.224 e. The molecule has 5 rings (SSSR count). The van der Waals surface area contributed by atoms with Gasteiger partial charge in [-0.3, -0.25) is 4.79 Å². The number of carbonyl (C=O) groups is 1. The molecule has 1 N–H and O–H groups in total. The van der Waals surface area contributed by atoms with Crippen molar-refractivity contribution in [3.05, 3.63) is 47.7 Å². The zero-order valence-electron chi connectivity index (χ0n) is 18.7. The first-order valence-corrected chi connectivity index (χ1v) is 12.6. The van der Waals surface area contributed by atoms with Crippen molar-refractivity contribution in [2.24, 2.45) is 5.92 Å². The van der Waals surface area contributed by atoms with Crippen molar-refractivity contribution >= 4 is 27.3 Å². The Morgan fingerprint density at radius 2 is 2.09 bits per heavy atom. The second-order valence-electron chi connectivity index (χ2n) is 9.04. The van der Waals surface area contributed by atoms with Gasteiger partial charge in [0.05, 0.1) is 17.8 Å². The average molecular weight is 450 g/mol. The lowest BCUT2D eigenvalue weighted by atomic mass is 9.96. The number of nitrogens with one attached hydrogen (secondary N) is 1. The number of nitrogens with zero attached hydrogens (tertiary/aromatic N) is 4. The highest BCUT2D eigenvalue weighted by molar-refractivity contribution is 7.20. The van der Waals surface area contributed by atoms with E-state index in [1.54, 1.807) is 11.3 Å². The number of amides is 1. The van der Waals surface area contributed by atoms with Gasteiger partial charge in [-0.1, -0.05) is 52.8 Å². The molecule has 1 aromatic carbocycles. The summed E-state index contributed by atoms with van der Waals surface area (Å²) in [6.45, 7) is 4.52. The molecule has 7 heteroatoms. The van der Waals surface area contributed by atoms with Crippen LogP contribution in [-0.4, -0.2) is 40.1 Å². The molecule has 1 fully saturated rings. The number of benzene rings is 1. The highest BCUT2D eigenvalue weighted by Crippen LogP contribution is 2.30. The number of aromatic nitrogens is 3. The molecule has 0 unspecified atom stereocenters. The number of allylic oxidation sites excluding steroid dienone is 1. The second-order valence-corrected chi connectivity index (χ2v) is 9.97. The first-order chi connectivity index (χ1) is 15.7. The van der Waals surface area contributed by atoms with E-state index in [1.807, 2.05) is 10.7 Å². The second kappa shape index (κ2) is 9.45. The SMILES string of the molecule is Cc1ccc(-c2cn3nc(N4CCC[C@H](C(=O)NCCC5=CCCCC5)C4)sc3n2)cc1. The van der Waals surface area contributed by atoms with E-state index >= 15 is 0 Å². The van der Waals surface area contributed by atoms with Crippen LogP contribution in [-0.2, 0) is 4.79 Å². The number of imidazole rings is 1. The van der Waals surface area contributed by atoms with Crippen LogP contribution < -0.4 is 10.2 Å². The van der Waals surface area contributed by atoms with Crippen LogP contribution in [0.25, 0.3) is 16.2 Å². The van der Waals surface area contributed by atoms with Gasteiger partial charge >= 0.3 is 0 Å². The van der Waals surface area contributed by atoms with Gasteiger partial charge in [-0.05, 0) is 51.9 Å². The summed E-state index contributed by atoms with van der Waals surface area (Å²) in [5.74, 6) is 0.220. The predicted octanol–water partition coefficient (Wildman–Crippen LogP) is 4.99. The zero-order chi connectivity index (χ0) is 21.9. The fourth-order valence-corrected chi connectivity index (χ4v) is 5.59. The van der Waals surface area contributed by atoms with Crippen LogP contribution in [0, 0.1) is 12.8 Å². The Hall–Kier alpha value is -2.67. The Balaban J connectivity index is 1.20. The van der Waals surface area contributed by atoms with E-state index in [0.29, 0.717) is 0 Å². The van der Waals surface area contributed by atoms with Crippen LogP contribution >= 0.6 is 11.3 Å². The van der Waals surface area contributed by atoms with Crippen molar-refractivity contribution in [1.82, 2.24) is 19.9 Å². The third kappa shape index (κ3) is 4.72. The summed E-state index contributed by atoms with van der Waals surface area (Å²) in [5, 5.41) is 8.91. The molecule has 1 amide bonds. The minimum absolute atomic E-state index is 0.0310. The van der Waals surface area contributed by atoms with Crippen LogP contribution in [0.15, 0.2) is 42.1 Å². The van der Waals surface area contributed by atoms with Crippen LogP contribution in [0.5, 0.6) is 0 Å². The highest BCUT2D eigenvalue weighted by Gasteiger charge is 2.27. The molecule has 1 aliphatic carbocycles. The number of anilines is 1. The van der Waals surface area contributed by atoms with Gasteiger partial charge in [-0.2, -0.15) is 0 Å². The first kappa shape index (κ1) is 21.2. The minimum Gasteiger partial charge on any atom is -0.355 e. The van der Waals surface area contributed by atoms with Crippen LogP contribution in [0.3, 0.4) is 0 Å². The van der Waals surface area contributed by atoms with Crippen LogP contribution in [0.1, 0.15) is 50.5 Å². The molecule has 1 atom stereocenters. The Bertz CT molecular complexity index is 1080. The molecular weight excluding hydrogens is 418 g/mol. The molecule has 168 valence electrons. The molecule has 2 aliphatic rings. The van der Waals surface area contributed by atoms with Crippen molar-refractivity contribution < 1.29 is 4.79 Å². The molecule has 0 radical (unpaired) electrons. The lowest BCUT2D eigenvalue weighted by Crippen LogP contribution is -2.43. The van der Waals surface area contributed by atoms with Gasteiger partial charge in [-0.15, -0.1) is 5.10 Å². The van der Waals surface area contributed by atoms with Crippen molar-refractivity contribution in [3.63, 3.8) is 0 Å². The Morgan fingerprint density at radius 1 is 1.22 bits per heavy atom. The van der Waals surface area contributed by atoms with Gasteiger partial charge in [0.1, 0.15) is 0 Å². The number of carbonyl (C=O) groups excluding carboxylic acids is 1. The van der Waals surface area contributed by atoms with Gasteiger partial charge < -0.3 is 10.2 Å². The summed E-state index contributed by atoms with van der Waals surface area (Å²) in [5.41, 5.74) is 4.80. The summed E-state index contributed by atoms with van der Waals surface area (Å²) in [6.07, 6.45) is 12.3. The number of hydrogen-bond donors (Lipinski definition) is 1. The topological polar surface area (TPSA) is 62.5 Å². The number of hydrogen-bond acceptors (Lipinski definition) is 5. The van der Waals surface area contributed by atoms with E-state index in [-0.39, 0.29) is 11.8 Å². The number of piperidine rings is 1. The van der Waals surface area contributed by atoms with Crippen LogP contribution in [0.4, 0.5) is 5.13 Å². The largest absolute Gasteiger partial charge is 0.355 e. The molecule has 0 bridgehead atoms. The first-order valence-electron chi connectivity index (χ1n) is 11.8. The zero-order valence-corrected chi connectivity index (χ0v) is 19.5. The van der Waals surface area contributed by atoms with E-state index in [0.717, 1.165) is 60.2 Å². The van der Waals surface area contributed by atoms with Gasteiger partial charge in [0.25, 0.3) is 0 Å². The fraction of sp³-hybridized carbons (Fsp3) is 0.480. The molecule has 2 aromatic heterocycles. The van der Waals surface area contributed by atoms with Crippen molar-refractivity contribution in [2.75, 3.05) is 24.5 Å². The number of aryl methyl sites for hydroxylation is 1. The average Bonchev–Trinajstić information content (AvgIpc) is 3.40. The highest BCUT2D eigenvalue weighted by atomic mass is 32.1. The van der Waals surface area contributed by atoms with E-state index in [1.165, 1.54) is 36.8 Å². The molecule has 0 spiro atoms. The van der Waals surface area contributed by atoms with Crippen molar-refractivity contribution in [2.45, 2.75) is 51.9 Å². The predicted molar refractivity (Wildman–Crippen MR) is 130 cm³/mol. The van der Waals surface area contributed by atoms with Gasteiger partial charge in [0.15, 0.2) is 0 Å². The van der Waals surface area contributed by atoms with Gasteiger partial charge in [0, 0.05) is 25.2 Å². The molecule has 3 heterocycles. The molecular formula is C25H31N5OS. The van der Waals surface area contributed by atoms with E-state index in [9.17, 15) is 4.79 Å². The maximum Gasteiger partial charge on any atom is 0.224 e. The van der Waals surface area contributed by atoms with Crippen molar-refractivity contribution in [3.8, 4) is 11.3 Å². The third-order valence-electron chi connectivity index (χ3n) is 6.57. The summed E-state index contributed by atoms with van der Waals surface area (Å²) < 4.78 is 1.87. The number of rotatable bonds is 6. The monoisotopic (exact) mass is 449 g/mol. The fourth-order valence-electron chi connectivity index (χ4n) is 4.67. The Labute approximate surface area is 193 Å². The van der Waals surface area contributed by atoms with Crippen molar-refractivity contribution in [1.29, 1.82) is 0 Å². The Morgan fingerprint density at radius 3 is 2.88 bits per heavy atom. The Kier molecular flexibility index (Phi) is 6.26. The summed E-state index contributed by atoms with van der Waals surface area (Å²) in [6, 6.07) is 8.40.